The van der Waals surface area contributed by atoms with Gasteiger partial charge in [0.05, 0.1) is 36.3 Å². The van der Waals surface area contributed by atoms with Crippen LogP contribution in [0.3, 0.4) is 0 Å². The Morgan fingerprint density at radius 1 is 1.21 bits per heavy atom. The molecular formula is C29H25F3N6O4. The largest absolute Gasteiger partial charge is 0.449 e. The van der Waals surface area contributed by atoms with E-state index in [1.165, 1.54) is 24.5 Å². The van der Waals surface area contributed by atoms with Gasteiger partial charge in [-0.1, -0.05) is 24.3 Å². The first-order chi connectivity index (χ1) is 20.1. The normalized spacial score (nSPS) is 18.7. The van der Waals surface area contributed by atoms with E-state index in [0.717, 1.165) is 22.1 Å². The molecule has 1 saturated carbocycles. The molecule has 1 aromatic carbocycles. The highest BCUT2D eigenvalue weighted by molar-refractivity contribution is 6.08. The smallest absolute Gasteiger partial charge is 0.416 e. The number of pyridine rings is 2. The van der Waals surface area contributed by atoms with Crippen molar-refractivity contribution < 1.29 is 32.3 Å². The molecule has 3 amide bonds. The van der Waals surface area contributed by atoms with Crippen molar-refractivity contribution >= 4 is 29.4 Å². The fourth-order valence-electron chi connectivity index (χ4n) is 5.12. The van der Waals surface area contributed by atoms with Crippen molar-refractivity contribution in [3.8, 4) is 6.07 Å². The minimum Gasteiger partial charge on any atom is -0.449 e. The van der Waals surface area contributed by atoms with E-state index in [-0.39, 0.29) is 30.1 Å². The van der Waals surface area contributed by atoms with Crippen molar-refractivity contribution in [2.45, 2.75) is 50.2 Å². The molecule has 2 fully saturated rings. The standard InChI is InChI=1S/C29H25F3N6O4/c1-17-4-2-3-5-22(17)25(26(39)36-20-12-29(31,32)13-20)37(21-11-19(30)15-34-16-21)27(40)23-7-9-42-28(41)38(23)24-10-18(14-33)6-8-35-24/h2-6,8,10-11,15-16,20,23,25H,7,9,12-13H2,1H3,(H,36,39). The van der Waals surface area contributed by atoms with E-state index in [4.69, 9.17) is 4.74 Å². The summed E-state index contributed by atoms with van der Waals surface area (Å²) in [7, 11) is 0. The molecule has 3 aromatic rings. The molecule has 1 saturated heterocycles. The van der Waals surface area contributed by atoms with E-state index >= 15 is 0 Å². The fourth-order valence-corrected chi connectivity index (χ4v) is 5.12. The summed E-state index contributed by atoms with van der Waals surface area (Å²) in [6.45, 7) is 1.57. The Morgan fingerprint density at radius 3 is 2.67 bits per heavy atom. The van der Waals surface area contributed by atoms with Crippen LogP contribution in [0, 0.1) is 24.1 Å². The number of alkyl halides is 2. The van der Waals surface area contributed by atoms with Crippen LogP contribution in [-0.4, -0.2) is 52.5 Å². The minimum absolute atomic E-state index is 0.0285. The monoisotopic (exact) mass is 578 g/mol. The highest BCUT2D eigenvalue weighted by Crippen LogP contribution is 2.39. The first kappa shape index (κ1) is 28.5. The van der Waals surface area contributed by atoms with Gasteiger partial charge >= 0.3 is 6.09 Å². The SMILES string of the molecule is Cc1ccccc1C(C(=O)NC1CC(F)(F)C1)N(C(=O)C1CCOC(=O)N1c1cc(C#N)ccn1)c1cncc(F)c1. The Bertz CT molecular complexity index is 1570. The first-order valence-electron chi connectivity index (χ1n) is 13.1. The fraction of sp³-hybridized carbons (Fsp3) is 0.310. The van der Waals surface area contributed by atoms with Gasteiger partial charge in [-0.25, -0.2) is 27.8 Å². The molecule has 10 nitrogen and oxygen atoms in total. The maximum absolute atomic E-state index is 14.5. The lowest BCUT2D eigenvalue weighted by atomic mass is 9.87. The Balaban J connectivity index is 1.62. The third kappa shape index (κ3) is 5.74. The quantitative estimate of drug-likeness (QED) is 0.445. The molecule has 1 N–H and O–H groups in total. The zero-order valence-corrected chi connectivity index (χ0v) is 22.3. The molecule has 2 aromatic heterocycles. The molecule has 3 heterocycles. The summed E-state index contributed by atoms with van der Waals surface area (Å²) in [5, 5.41) is 12.0. The number of nitriles is 1. The van der Waals surface area contributed by atoms with Crippen LogP contribution < -0.4 is 15.1 Å². The summed E-state index contributed by atoms with van der Waals surface area (Å²) >= 11 is 0. The zero-order valence-electron chi connectivity index (χ0n) is 22.3. The average Bonchev–Trinajstić information content (AvgIpc) is 2.95. The van der Waals surface area contributed by atoms with Gasteiger partial charge in [0, 0.05) is 37.6 Å². The predicted octanol–water partition coefficient (Wildman–Crippen LogP) is 4.20. The number of cyclic esters (lactones) is 1. The highest BCUT2D eigenvalue weighted by Gasteiger charge is 2.48. The number of carbonyl (C=O) groups excluding carboxylic acids is 3. The van der Waals surface area contributed by atoms with E-state index in [2.05, 4.69) is 15.3 Å². The lowest BCUT2D eigenvalue weighted by Crippen LogP contribution is -2.58. The molecule has 1 aliphatic heterocycles. The van der Waals surface area contributed by atoms with Crippen LogP contribution in [0.1, 0.15) is 42.0 Å². The van der Waals surface area contributed by atoms with Crippen LogP contribution >= 0.6 is 0 Å². The summed E-state index contributed by atoms with van der Waals surface area (Å²) in [6, 6.07) is 8.80. The lowest BCUT2D eigenvalue weighted by molar-refractivity contribution is -0.133. The second-order valence-electron chi connectivity index (χ2n) is 10.1. The second-order valence-corrected chi connectivity index (χ2v) is 10.1. The summed E-state index contributed by atoms with van der Waals surface area (Å²) in [4.78, 5) is 51.4. The van der Waals surface area contributed by atoms with Crippen molar-refractivity contribution in [3.63, 3.8) is 0 Å². The number of hydrogen-bond donors (Lipinski definition) is 1. The Hall–Kier alpha value is -4.99. The van der Waals surface area contributed by atoms with Crippen LogP contribution in [0.5, 0.6) is 0 Å². The first-order valence-corrected chi connectivity index (χ1v) is 13.1. The second kappa shape index (κ2) is 11.5. The van der Waals surface area contributed by atoms with Crippen molar-refractivity contribution in [2.75, 3.05) is 16.4 Å². The van der Waals surface area contributed by atoms with Gasteiger partial charge in [0.15, 0.2) is 0 Å². The number of halogens is 3. The van der Waals surface area contributed by atoms with E-state index in [1.807, 2.05) is 6.07 Å². The molecule has 0 spiro atoms. The number of hydrogen-bond acceptors (Lipinski definition) is 7. The van der Waals surface area contributed by atoms with Crippen LogP contribution in [0.25, 0.3) is 0 Å². The van der Waals surface area contributed by atoms with Gasteiger partial charge in [-0.05, 0) is 30.2 Å². The predicted molar refractivity (Wildman–Crippen MR) is 143 cm³/mol. The van der Waals surface area contributed by atoms with Crippen molar-refractivity contribution in [1.29, 1.82) is 5.26 Å². The maximum atomic E-state index is 14.5. The van der Waals surface area contributed by atoms with Crippen LogP contribution in [0.4, 0.5) is 29.5 Å². The van der Waals surface area contributed by atoms with E-state index < -0.39 is 60.6 Å². The third-order valence-corrected chi connectivity index (χ3v) is 7.16. The van der Waals surface area contributed by atoms with Gasteiger partial charge in [-0.15, -0.1) is 0 Å². The number of anilines is 2. The van der Waals surface area contributed by atoms with Crippen LogP contribution in [0.15, 0.2) is 61.1 Å². The minimum atomic E-state index is -2.91. The van der Waals surface area contributed by atoms with Crippen molar-refractivity contribution in [2.24, 2.45) is 0 Å². The molecule has 1 aliphatic carbocycles. The number of nitrogens with zero attached hydrogens (tertiary/aromatic N) is 5. The number of carbonyl (C=O) groups is 3. The topological polar surface area (TPSA) is 129 Å². The summed E-state index contributed by atoms with van der Waals surface area (Å²) < 4.78 is 46.9. The van der Waals surface area contributed by atoms with Crippen molar-refractivity contribution in [1.82, 2.24) is 15.3 Å². The number of nitrogens with one attached hydrogen (secondary N) is 1. The molecule has 216 valence electrons. The Labute approximate surface area is 238 Å². The van der Waals surface area contributed by atoms with Gasteiger partial charge in [-0.2, -0.15) is 5.26 Å². The van der Waals surface area contributed by atoms with Gasteiger partial charge in [-0.3, -0.25) is 19.5 Å². The van der Waals surface area contributed by atoms with Crippen LogP contribution in [-0.2, 0) is 14.3 Å². The number of benzene rings is 1. The summed E-state index contributed by atoms with van der Waals surface area (Å²) in [6.07, 6.45) is 1.36. The molecule has 0 bridgehead atoms. The highest BCUT2D eigenvalue weighted by atomic mass is 19.3. The summed E-state index contributed by atoms with van der Waals surface area (Å²) in [5.41, 5.74) is 1.03. The summed E-state index contributed by atoms with van der Waals surface area (Å²) in [5.74, 6) is -5.31. The van der Waals surface area contributed by atoms with Gasteiger partial charge < -0.3 is 10.1 Å². The third-order valence-electron chi connectivity index (χ3n) is 7.16. The van der Waals surface area contributed by atoms with Gasteiger partial charge in [0.2, 0.25) is 5.91 Å². The molecule has 2 atom stereocenters. The van der Waals surface area contributed by atoms with Gasteiger partial charge in [0.1, 0.15) is 23.7 Å². The van der Waals surface area contributed by atoms with E-state index in [1.54, 1.807) is 31.2 Å². The number of ether oxygens (including phenoxy) is 1. The van der Waals surface area contributed by atoms with Crippen molar-refractivity contribution in [3.05, 3.63) is 83.6 Å². The molecule has 2 unspecified atom stereocenters. The molecule has 42 heavy (non-hydrogen) atoms. The maximum Gasteiger partial charge on any atom is 0.416 e. The zero-order chi connectivity index (χ0) is 30.0. The number of rotatable bonds is 7. The van der Waals surface area contributed by atoms with E-state index in [0.29, 0.717) is 11.1 Å². The Morgan fingerprint density at radius 2 is 1.98 bits per heavy atom. The number of amides is 3. The molecule has 2 aliphatic rings. The number of aryl methyl sites for hydroxylation is 1. The Kier molecular flexibility index (Phi) is 7.80. The average molecular weight is 579 g/mol. The lowest BCUT2D eigenvalue weighted by Gasteiger charge is -2.40. The van der Waals surface area contributed by atoms with E-state index in [9.17, 15) is 32.8 Å². The van der Waals surface area contributed by atoms with Gasteiger partial charge in [0.25, 0.3) is 11.8 Å². The van der Waals surface area contributed by atoms with Crippen LogP contribution in [0.2, 0.25) is 0 Å². The molecular weight excluding hydrogens is 553 g/mol. The molecule has 5 rings (SSSR count). The number of aromatic nitrogens is 2. The molecule has 13 heteroatoms. The molecule has 0 radical (unpaired) electrons.